The van der Waals surface area contributed by atoms with Crippen LogP contribution < -0.4 is 19.5 Å². The van der Waals surface area contributed by atoms with Crippen molar-refractivity contribution in [1.82, 2.24) is 14.7 Å². The first-order valence-electron chi connectivity index (χ1n) is 10.4. The van der Waals surface area contributed by atoms with Crippen molar-refractivity contribution in [3.05, 3.63) is 70.6 Å². The zero-order valence-corrected chi connectivity index (χ0v) is 20.0. The van der Waals surface area contributed by atoms with Gasteiger partial charge in [0.1, 0.15) is 5.82 Å². The minimum atomic E-state index is -0.279. The van der Waals surface area contributed by atoms with Crippen LogP contribution in [0.15, 0.2) is 48.7 Å². The Morgan fingerprint density at radius 1 is 1.12 bits per heavy atom. The fraction of sp³-hybridized carbons (Fsp3) is 0.200. The Morgan fingerprint density at radius 2 is 1.79 bits per heavy atom. The Labute approximate surface area is 200 Å². The van der Waals surface area contributed by atoms with Gasteiger partial charge in [-0.3, -0.25) is 9.20 Å². The lowest BCUT2D eigenvalue weighted by Crippen LogP contribution is -2.20. The van der Waals surface area contributed by atoms with Crippen molar-refractivity contribution in [2.75, 3.05) is 21.3 Å². The molecule has 0 spiro atoms. The van der Waals surface area contributed by atoms with E-state index < -0.39 is 0 Å². The van der Waals surface area contributed by atoms with Crippen molar-refractivity contribution in [3.8, 4) is 28.5 Å². The van der Waals surface area contributed by atoms with Crippen molar-refractivity contribution in [2.45, 2.75) is 13.5 Å². The molecule has 176 valence electrons. The summed E-state index contributed by atoms with van der Waals surface area (Å²) in [5.74, 6) is 1.01. The molecule has 1 amide bonds. The van der Waals surface area contributed by atoms with E-state index in [1.54, 1.807) is 44.6 Å². The van der Waals surface area contributed by atoms with Gasteiger partial charge in [0.05, 0.1) is 33.6 Å². The summed E-state index contributed by atoms with van der Waals surface area (Å²) in [6, 6.07) is 9.78. The third-order valence-corrected chi connectivity index (χ3v) is 6.49. The summed E-state index contributed by atoms with van der Waals surface area (Å²) in [5.41, 5.74) is 3.36. The number of halogens is 1. The lowest BCUT2D eigenvalue weighted by atomic mass is 10.1. The molecule has 0 aliphatic carbocycles. The summed E-state index contributed by atoms with van der Waals surface area (Å²) in [5, 5.41) is 2.91. The lowest BCUT2D eigenvalue weighted by Gasteiger charge is -2.12. The Kier molecular flexibility index (Phi) is 6.83. The molecule has 0 saturated heterocycles. The number of hydrogen-bond donors (Lipinski definition) is 1. The van der Waals surface area contributed by atoms with Crippen LogP contribution in [0.5, 0.6) is 17.2 Å². The highest BCUT2D eigenvalue weighted by Gasteiger charge is 2.14. The molecule has 0 atom stereocenters. The van der Waals surface area contributed by atoms with E-state index in [2.05, 4.69) is 10.3 Å². The monoisotopic (exact) mass is 481 g/mol. The van der Waals surface area contributed by atoms with Gasteiger partial charge in [-0.25, -0.2) is 9.37 Å². The van der Waals surface area contributed by atoms with E-state index in [0.717, 1.165) is 32.4 Å². The summed E-state index contributed by atoms with van der Waals surface area (Å²) in [6.45, 7) is 2.36. The first kappa shape index (κ1) is 23.3. The normalized spacial score (nSPS) is 11.2. The highest BCUT2D eigenvalue weighted by molar-refractivity contribution is 7.17. The van der Waals surface area contributed by atoms with Gasteiger partial charge in [-0.1, -0.05) is 11.3 Å². The maximum Gasteiger partial charge on any atom is 0.244 e. The van der Waals surface area contributed by atoms with Crippen LogP contribution >= 0.6 is 11.3 Å². The molecule has 7 nitrogen and oxygen atoms in total. The number of methoxy groups -OCH3 is 3. The first-order chi connectivity index (χ1) is 16.4. The molecule has 0 fully saturated rings. The predicted molar refractivity (Wildman–Crippen MR) is 130 cm³/mol. The number of ether oxygens (including phenoxy) is 3. The van der Waals surface area contributed by atoms with Gasteiger partial charge in [0.25, 0.3) is 0 Å². The van der Waals surface area contributed by atoms with Crippen LogP contribution in [0.4, 0.5) is 4.39 Å². The number of fused-ring (bicyclic) bond motifs is 1. The second-order valence-electron chi connectivity index (χ2n) is 7.41. The van der Waals surface area contributed by atoms with Gasteiger partial charge in [-0.15, -0.1) is 0 Å². The predicted octanol–water partition coefficient (Wildman–Crippen LogP) is 4.87. The number of carbonyl (C=O) groups is 1. The summed E-state index contributed by atoms with van der Waals surface area (Å²) in [4.78, 5) is 18.9. The first-order valence-corrected chi connectivity index (χ1v) is 11.2. The van der Waals surface area contributed by atoms with Gasteiger partial charge in [0.15, 0.2) is 16.5 Å². The third kappa shape index (κ3) is 4.74. The number of aromatic nitrogens is 2. The van der Waals surface area contributed by atoms with Crippen molar-refractivity contribution in [1.29, 1.82) is 0 Å². The highest BCUT2D eigenvalue weighted by atomic mass is 32.1. The molecular formula is C25H24FN3O4S. The van der Waals surface area contributed by atoms with Gasteiger partial charge in [0.2, 0.25) is 11.7 Å². The molecule has 0 bridgehead atoms. The topological polar surface area (TPSA) is 74.1 Å². The van der Waals surface area contributed by atoms with Gasteiger partial charge in [-0.05, 0) is 55.0 Å². The second kappa shape index (κ2) is 9.96. The number of nitrogens with one attached hydrogen (secondary N) is 1. The Bertz CT molecular complexity index is 1330. The van der Waals surface area contributed by atoms with Gasteiger partial charge in [0, 0.05) is 28.4 Å². The standard InChI is InChI=1S/C25H24FN3O4S/c1-15-22(34-25-28-19(14-29(15)25)17-6-8-18(26)9-7-17)13-27-23(30)10-5-16-11-20(31-2)24(33-4)21(12-16)32-3/h5-12,14H,13H2,1-4H3,(H,27,30)/b10-5+. The lowest BCUT2D eigenvalue weighted by molar-refractivity contribution is -0.116. The SMILES string of the molecule is COc1cc(/C=C/C(=O)NCc2sc3nc(-c4ccc(F)cc4)cn3c2C)cc(OC)c1OC. The van der Waals surface area contributed by atoms with Gasteiger partial charge >= 0.3 is 0 Å². The number of rotatable bonds is 8. The number of benzene rings is 2. The Hall–Kier alpha value is -3.85. The van der Waals surface area contributed by atoms with E-state index in [1.165, 1.54) is 36.7 Å². The molecule has 1 N–H and O–H groups in total. The summed E-state index contributed by atoms with van der Waals surface area (Å²) in [6.07, 6.45) is 5.06. The molecule has 4 rings (SSSR count). The van der Waals surface area contributed by atoms with Crippen LogP contribution in [0.3, 0.4) is 0 Å². The third-order valence-electron chi connectivity index (χ3n) is 5.33. The van der Waals surface area contributed by atoms with E-state index in [-0.39, 0.29) is 11.7 Å². The van der Waals surface area contributed by atoms with Crippen LogP contribution in [0.25, 0.3) is 22.3 Å². The largest absolute Gasteiger partial charge is 0.493 e. The minimum absolute atomic E-state index is 0.230. The molecule has 2 aromatic heterocycles. The van der Waals surface area contributed by atoms with Crippen LogP contribution in [0, 0.1) is 12.7 Å². The number of thiazole rings is 1. The van der Waals surface area contributed by atoms with E-state index in [9.17, 15) is 9.18 Å². The van der Waals surface area contributed by atoms with Crippen molar-refractivity contribution >= 4 is 28.3 Å². The van der Waals surface area contributed by atoms with Crippen LogP contribution in [0.1, 0.15) is 16.1 Å². The molecule has 9 heteroatoms. The smallest absolute Gasteiger partial charge is 0.244 e. The molecule has 2 heterocycles. The quantitative estimate of drug-likeness (QED) is 0.364. The number of amides is 1. The van der Waals surface area contributed by atoms with Crippen LogP contribution in [-0.4, -0.2) is 36.6 Å². The fourth-order valence-corrected chi connectivity index (χ4v) is 4.56. The highest BCUT2D eigenvalue weighted by Crippen LogP contribution is 2.38. The van der Waals surface area contributed by atoms with Gasteiger partial charge in [-0.2, -0.15) is 0 Å². The number of hydrogen-bond acceptors (Lipinski definition) is 6. The Morgan fingerprint density at radius 3 is 2.38 bits per heavy atom. The number of carbonyl (C=O) groups excluding carboxylic acids is 1. The van der Waals surface area contributed by atoms with E-state index >= 15 is 0 Å². The molecule has 0 aliphatic heterocycles. The Balaban J connectivity index is 1.44. The van der Waals surface area contributed by atoms with E-state index in [1.807, 2.05) is 17.5 Å². The average molecular weight is 482 g/mol. The maximum atomic E-state index is 13.2. The number of imidazole rings is 1. The summed E-state index contributed by atoms with van der Waals surface area (Å²) < 4.78 is 31.2. The summed E-state index contributed by atoms with van der Waals surface area (Å²) in [7, 11) is 4.62. The number of nitrogens with zero attached hydrogens (tertiary/aromatic N) is 2. The molecule has 34 heavy (non-hydrogen) atoms. The minimum Gasteiger partial charge on any atom is -0.493 e. The second-order valence-corrected chi connectivity index (χ2v) is 8.47. The molecule has 4 aromatic rings. The maximum absolute atomic E-state index is 13.2. The van der Waals surface area contributed by atoms with E-state index in [0.29, 0.717) is 23.8 Å². The number of aryl methyl sites for hydroxylation is 1. The molecule has 0 aliphatic rings. The van der Waals surface area contributed by atoms with Crippen molar-refractivity contribution < 1.29 is 23.4 Å². The summed E-state index contributed by atoms with van der Waals surface area (Å²) >= 11 is 1.50. The fourth-order valence-electron chi connectivity index (χ4n) is 3.51. The molecule has 0 radical (unpaired) electrons. The van der Waals surface area contributed by atoms with Crippen molar-refractivity contribution in [2.24, 2.45) is 0 Å². The molecular weight excluding hydrogens is 457 g/mol. The van der Waals surface area contributed by atoms with E-state index in [4.69, 9.17) is 14.2 Å². The molecule has 0 saturated carbocycles. The zero-order chi connectivity index (χ0) is 24.2. The average Bonchev–Trinajstić information content (AvgIpc) is 3.40. The van der Waals surface area contributed by atoms with Crippen molar-refractivity contribution in [3.63, 3.8) is 0 Å². The van der Waals surface area contributed by atoms with Crippen LogP contribution in [0.2, 0.25) is 0 Å². The van der Waals surface area contributed by atoms with Crippen LogP contribution in [-0.2, 0) is 11.3 Å². The molecule has 2 aromatic carbocycles. The molecule has 0 unspecified atom stereocenters. The zero-order valence-electron chi connectivity index (χ0n) is 19.2. The van der Waals surface area contributed by atoms with Gasteiger partial charge < -0.3 is 19.5 Å².